The molecule has 21 heavy (non-hydrogen) atoms. The van der Waals surface area contributed by atoms with Gasteiger partial charge in [0, 0.05) is 30.8 Å². The summed E-state index contributed by atoms with van der Waals surface area (Å²) in [6.45, 7) is 2.83. The van der Waals surface area contributed by atoms with Crippen LogP contribution in [0.4, 0.5) is 5.69 Å². The highest BCUT2D eigenvalue weighted by Crippen LogP contribution is 2.25. The van der Waals surface area contributed by atoms with Crippen molar-refractivity contribution in [3.63, 3.8) is 0 Å². The number of anilines is 1. The Kier molecular flexibility index (Phi) is 4.68. The molecule has 1 heterocycles. The zero-order chi connectivity index (χ0) is 15.6. The Labute approximate surface area is 126 Å². The van der Waals surface area contributed by atoms with E-state index < -0.39 is 10.0 Å². The van der Waals surface area contributed by atoms with Gasteiger partial charge in [-0.25, -0.2) is 12.7 Å². The highest BCUT2D eigenvalue weighted by molar-refractivity contribution is 7.88. The predicted octanol–water partition coefficient (Wildman–Crippen LogP) is 1.82. The summed E-state index contributed by atoms with van der Waals surface area (Å²) >= 11 is 0. The average molecular weight is 310 g/mol. The number of carbonyl (C=O) groups is 1. The highest BCUT2D eigenvalue weighted by atomic mass is 32.2. The van der Waals surface area contributed by atoms with E-state index in [1.807, 2.05) is 6.92 Å². The van der Waals surface area contributed by atoms with Crippen molar-refractivity contribution < 1.29 is 13.2 Å². The van der Waals surface area contributed by atoms with E-state index in [0.29, 0.717) is 30.8 Å². The predicted molar refractivity (Wildman–Crippen MR) is 83.7 cm³/mol. The van der Waals surface area contributed by atoms with Crippen LogP contribution < -0.4 is 5.73 Å². The lowest BCUT2D eigenvalue weighted by Crippen LogP contribution is -2.39. The van der Waals surface area contributed by atoms with E-state index in [1.54, 1.807) is 18.2 Å². The lowest BCUT2D eigenvalue weighted by molar-refractivity contribution is 0.0942. The van der Waals surface area contributed by atoms with Crippen molar-refractivity contribution in [1.82, 2.24) is 4.31 Å². The van der Waals surface area contributed by atoms with Gasteiger partial charge in [0.1, 0.15) is 0 Å². The van der Waals surface area contributed by atoms with Crippen LogP contribution in [0.5, 0.6) is 0 Å². The van der Waals surface area contributed by atoms with Crippen LogP contribution in [0.2, 0.25) is 0 Å². The summed E-state index contributed by atoms with van der Waals surface area (Å²) in [5.74, 6) is 0.127. The molecule has 1 aromatic rings. The summed E-state index contributed by atoms with van der Waals surface area (Å²) in [5, 5.41) is 0. The number of hydrogen-bond acceptors (Lipinski definition) is 4. The molecule has 116 valence electrons. The monoisotopic (exact) mass is 310 g/mol. The molecule has 1 aliphatic rings. The zero-order valence-electron chi connectivity index (χ0n) is 12.5. The van der Waals surface area contributed by atoms with Crippen LogP contribution in [0, 0.1) is 12.8 Å². The smallest absolute Gasteiger partial charge is 0.211 e. The van der Waals surface area contributed by atoms with Gasteiger partial charge in [-0.1, -0.05) is 12.1 Å². The Balaban J connectivity index is 2.08. The fourth-order valence-corrected chi connectivity index (χ4v) is 3.76. The summed E-state index contributed by atoms with van der Waals surface area (Å²) < 4.78 is 24.7. The summed E-state index contributed by atoms with van der Waals surface area (Å²) in [7, 11) is -3.17. The van der Waals surface area contributed by atoms with Crippen LogP contribution in [0.25, 0.3) is 0 Å². The van der Waals surface area contributed by atoms with Crippen LogP contribution in [0.1, 0.15) is 35.2 Å². The third kappa shape index (κ3) is 3.83. The topological polar surface area (TPSA) is 80.5 Å². The second-order valence-electron chi connectivity index (χ2n) is 5.78. The van der Waals surface area contributed by atoms with Crippen LogP contribution >= 0.6 is 0 Å². The molecular weight excluding hydrogens is 288 g/mol. The van der Waals surface area contributed by atoms with Crippen molar-refractivity contribution in [1.29, 1.82) is 0 Å². The quantitative estimate of drug-likeness (QED) is 0.679. The number of Topliss-reactive ketones (excluding diaryl/α,β-unsaturated/α-hetero) is 1. The van der Waals surface area contributed by atoms with E-state index in [-0.39, 0.29) is 11.7 Å². The van der Waals surface area contributed by atoms with E-state index in [9.17, 15) is 13.2 Å². The number of sulfonamides is 1. The molecule has 0 saturated carbocycles. The Bertz CT molecular complexity index is 640. The molecule has 5 nitrogen and oxygen atoms in total. The fraction of sp³-hybridized carbons (Fsp3) is 0.533. The van der Waals surface area contributed by atoms with Crippen LogP contribution in [0.3, 0.4) is 0 Å². The van der Waals surface area contributed by atoms with Gasteiger partial charge >= 0.3 is 0 Å². The number of hydrogen-bond donors (Lipinski definition) is 1. The Morgan fingerprint density at radius 2 is 2.14 bits per heavy atom. The molecule has 1 fully saturated rings. The molecule has 0 bridgehead atoms. The van der Waals surface area contributed by atoms with Gasteiger partial charge in [-0.3, -0.25) is 4.79 Å². The van der Waals surface area contributed by atoms with Gasteiger partial charge < -0.3 is 5.73 Å². The molecule has 1 aromatic carbocycles. The van der Waals surface area contributed by atoms with E-state index in [4.69, 9.17) is 5.73 Å². The summed E-state index contributed by atoms with van der Waals surface area (Å²) in [6.07, 6.45) is 3.29. The minimum absolute atomic E-state index is 0.0418. The molecule has 1 unspecified atom stereocenters. The summed E-state index contributed by atoms with van der Waals surface area (Å²) in [6, 6.07) is 5.34. The first kappa shape index (κ1) is 16.0. The lowest BCUT2D eigenvalue weighted by Gasteiger charge is -2.30. The molecule has 0 spiro atoms. The summed E-state index contributed by atoms with van der Waals surface area (Å²) in [5.41, 5.74) is 7.89. The van der Waals surface area contributed by atoms with E-state index >= 15 is 0 Å². The second-order valence-corrected chi connectivity index (χ2v) is 7.76. The fourth-order valence-electron chi connectivity index (χ4n) is 2.82. The first-order chi connectivity index (χ1) is 9.79. The van der Waals surface area contributed by atoms with Gasteiger partial charge in [-0.15, -0.1) is 0 Å². The maximum absolute atomic E-state index is 12.4. The van der Waals surface area contributed by atoms with E-state index in [2.05, 4.69) is 0 Å². The average Bonchev–Trinajstić information content (AvgIpc) is 2.41. The van der Waals surface area contributed by atoms with Gasteiger partial charge in [-0.2, -0.15) is 0 Å². The number of nitrogens with zero attached hydrogens (tertiary/aromatic N) is 1. The van der Waals surface area contributed by atoms with Gasteiger partial charge in [0.05, 0.1) is 6.26 Å². The first-order valence-corrected chi connectivity index (χ1v) is 8.97. The Hall–Kier alpha value is -1.40. The SMILES string of the molecule is Cc1c(N)cccc1C(=O)CC1CCCN(S(C)(=O)=O)C1. The molecule has 6 heteroatoms. The zero-order valence-corrected chi connectivity index (χ0v) is 13.3. The number of carbonyl (C=O) groups excluding carboxylic acids is 1. The van der Waals surface area contributed by atoms with Crippen molar-refractivity contribution in [2.75, 3.05) is 25.1 Å². The maximum atomic E-state index is 12.4. The van der Waals surface area contributed by atoms with Crippen molar-refractivity contribution in [2.24, 2.45) is 5.92 Å². The normalized spacial score (nSPS) is 20.4. The Morgan fingerprint density at radius 3 is 2.81 bits per heavy atom. The number of rotatable bonds is 4. The summed E-state index contributed by atoms with van der Waals surface area (Å²) in [4.78, 5) is 12.4. The van der Waals surface area contributed by atoms with E-state index in [0.717, 1.165) is 18.4 Å². The molecule has 2 rings (SSSR count). The van der Waals surface area contributed by atoms with E-state index in [1.165, 1.54) is 10.6 Å². The molecule has 1 aliphatic heterocycles. The number of piperidine rings is 1. The Morgan fingerprint density at radius 1 is 1.43 bits per heavy atom. The standard InChI is InChI=1S/C15H22N2O3S/c1-11-13(6-3-7-14(11)16)15(18)9-12-5-4-8-17(10-12)21(2,19)20/h3,6-7,12H,4-5,8-10,16H2,1-2H3. The molecule has 1 saturated heterocycles. The van der Waals surface area contributed by atoms with Gasteiger partial charge in [0.15, 0.2) is 5.78 Å². The minimum atomic E-state index is -3.17. The van der Waals surface area contributed by atoms with Crippen LogP contribution in [-0.2, 0) is 10.0 Å². The molecule has 2 N–H and O–H groups in total. The van der Waals surface area contributed by atoms with Crippen molar-refractivity contribution in [3.8, 4) is 0 Å². The first-order valence-electron chi connectivity index (χ1n) is 7.12. The van der Waals surface area contributed by atoms with Crippen molar-refractivity contribution >= 4 is 21.5 Å². The van der Waals surface area contributed by atoms with Gasteiger partial charge in [0.2, 0.25) is 10.0 Å². The molecule has 0 aliphatic carbocycles. The third-order valence-electron chi connectivity index (χ3n) is 4.10. The number of nitrogens with two attached hydrogens (primary N) is 1. The number of nitrogen functional groups attached to an aromatic ring is 1. The highest BCUT2D eigenvalue weighted by Gasteiger charge is 2.27. The molecule has 0 amide bonds. The van der Waals surface area contributed by atoms with Crippen LogP contribution in [0.15, 0.2) is 18.2 Å². The lowest BCUT2D eigenvalue weighted by atomic mass is 9.90. The van der Waals surface area contributed by atoms with Crippen molar-refractivity contribution in [3.05, 3.63) is 29.3 Å². The number of benzene rings is 1. The van der Waals surface area contributed by atoms with Crippen molar-refractivity contribution in [2.45, 2.75) is 26.2 Å². The second kappa shape index (κ2) is 6.15. The molecule has 1 atom stereocenters. The number of ketones is 1. The third-order valence-corrected chi connectivity index (χ3v) is 5.37. The van der Waals surface area contributed by atoms with Gasteiger partial charge in [0.25, 0.3) is 0 Å². The molecule has 0 radical (unpaired) electrons. The van der Waals surface area contributed by atoms with Crippen LogP contribution in [-0.4, -0.2) is 37.9 Å². The largest absolute Gasteiger partial charge is 0.398 e. The molecule has 0 aromatic heterocycles. The van der Waals surface area contributed by atoms with Gasteiger partial charge in [-0.05, 0) is 37.3 Å². The maximum Gasteiger partial charge on any atom is 0.211 e. The minimum Gasteiger partial charge on any atom is -0.398 e. The molecular formula is C15H22N2O3S.